The minimum atomic E-state index is -4.05. The molecular formula is C11H13F3OS. The van der Waals surface area contributed by atoms with Crippen LogP contribution in [0.3, 0.4) is 0 Å². The number of hydrogen-bond acceptors (Lipinski definition) is 2. The summed E-state index contributed by atoms with van der Waals surface area (Å²) in [5.41, 5.74) is 0.805. The van der Waals surface area contributed by atoms with E-state index >= 15 is 0 Å². The highest BCUT2D eigenvalue weighted by molar-refractivity contribution is 7.99. The first kappa shape index (κ1) is 13.4. The van der Waals surface area contributed by atoms with Gasteiger partial charge in [-0.05, 0) is 29.9 Å². The van der Waals surface area contributed by atoms with Crippen LogP contribution in [0.2, 0.25) is 0 Å². The fourth-order valence-electron chi connectivity index (χ4n) is 1.15. The lowest BCUT2D eigenvalue weighted by atomic mass is 10.2. The zero-order chi connectivity index (χ0) is 12.0. The van der Waals surface area contributed by atoms with E-state index in [0.717, 1.165) is 10.5 Å². The second kappa shape index (κ2) is 6.15. The Hall–Kier alpha value is -0.680. The van der Waals surface area contributed by atoms with Crippen LogP contribution in [0.15, 0.2) is 29.2 Å². The summed E-state index contributed by atoms with van der Waals surface area (Å²) in [5.74, 6) is 0.456. The van der Waals surface area contributed by atoms with Gasteiger partial charge in [-0.2, -0.15) is 13.2 Å². The van der Waals surface area contributed by atoms with E-state index in [0.29, 0.717) is 5.75 Å². The second-order valence-electron chi connectivity index (χ2n) is 3.37. The van der Waals surface area contributed by atoms with E-state index in [1.54, 1.807) is 12.1 Å². The predicted octanol–water partition coefficient (Wildman–Crippen LogP) is 3.61. The normalized spacial score (nSPS) is 11.8. The van der Waals surface area contributed by atoms with Gasteiger partial charge in [-0.3, -0.25) is 0 Å². The molecule has 0 amide bonds. The van der Waals surface area contributed by atoms with Gasteiger partial charge in [0, 0.05) is 11.3 Å². The topological polar surface area (TPSA) is 20.2 Å². The maximum atomic E-state index is 11.8. The van der Waals surface area contributed by atoms with E-state index in [1.807, 2.05) is 12.1 Å². The molecule has 0 atom stereocenters. The Morgan fingerprint density at radius 3 is 2.25 bits per heavy atom. The van der Waals surface area contributed by atoms with Crippen LogP contribution in [0.4, 0.5) is 13.2 Å². The van der Waals surface area contributed by atoms with Gasteiger partial charge in [-0.15, -0.1) is 11.8 Å². The molecule has 0 spiro atoms. The average molecular weight is 250 g/mol. The van der Waals surface area contributed by atoms with Crippen molar-refractivity contribution >= 4 is 11.8 Å². The smallest absolute Gasteiger partial charge is 0.389 e. The highest BCUT2D eigenvalue weighted by Crippen LogP contribution is 2.25. The minimum absolute atomic E-state index is 0.0149. The van der Waals surface area contributed by atoms with Gasteiger partial charge in [-0.25, -0.2) is 0 Å². The number of rotatable bonds is 5. The second-order valence-corrected chi connectivity index (χ2v) is 4.54. The molecule has 90 valence electrons. The van der Waals surface area contributed by atoms with E-state index in [4.69, 9.17) is 5.11 Å². The van der Waals surface area contributed by atoms with Gasteiger partial charge in [0.2, 0.25) is 0 Å². The van der Waals surface area contributed by atoms with Gasteiger partial charge >= 0.3 is 6.18 Å². The molecule has 16 heavy (non-hydrogen) atoms. The molecule has 0 fully saturated rings. The van der Waals surface area contributed by atoms with Crippen LogP contribution in [0, 0.1) is 0 Å². The summed E-state index contributed by atoms with van der Waals surface area (Å²) in [6.45, 7) is -0.0149. The number of aliphatic hydroxyl groups excluding tert-OH is 1. The van der Waals surface area contributed by atoms with Crippen molar-refractivity contribution in [1.29, 1.82) is 0 Å². The summed E-state index contributed by atoms with van der Waals surface area (Å²) in [7, 11) is 0. The molecule has 1 aromatic rings. The Labute approximate surface area is 96.7 Å². The number of benzene rings is 1. The zero-order valence-electron chi connectivity index (χ0n) is 8.63. The molecule has 5 heteroatoms. The molecule has 1 N–H and O–H groups in total. The predicted molar refractivity (Wildman–Crippen MR) is 58.4 cm³/mol. The molecule has 0 aliphatic carbocycles. The largest absolute Gasteiger partial charge is 0.392 e. The molecular weight excluding hydrogens is 237 g/mol. The quantitative estimate of drug-likeness (QED) is 0.636. The first-order chi connectivity index (χ1) is 7.51. The van der Waals surface area contributed by atoms with Gasteiger partial charge < -0.3 is 5.11 Å². The van der Waals surface area contributed by atoms with Crippen molar-refractivity contribution in [2.45, 2.75) is 30.5 Å². The van der Waals surface area contributed by atoms with Gasteiger partial charge in [0.1, 0.15) is 0 Å². The molecule has 0 aliphatic rings. The highest BCUT2D eigenvalue weighted by Gasteiger charge is 2.25. The van der Waals surface area contributed by atoms with Gasteiger partial charge in [0.15, 0.2) is 0 Å². The number of hydrogen-bond donors (Lipinski definition) is 1. The lowest BCUT2D eigenvalue weighted by Gasteiger charge is -2.05. The Kier molecular flexibility index (Phi) is 5.15. The van der Waals surface area contributed by atoms with Crippen LogP contribution in [0.25, 0.3) is 0 Å². The van der Waals surface area contributed by atoms with Crippen LogP contribution in [-0.4, -0.2) is 17.0 Å². The fourth-order valence-corrected chi connectivity index (χ4v) is 2.01. The SMILES string of the molecule is OCc1ccc(SCCCC(F)(F)F)cc1. The molecule has 1 nitrogen and oxygen atoms in total. The fraction of sp³-hybridized carbons (Fsp3) is 0.455. The van der Waals surface area contributed by atoms with Crippen LogP contribution < -0.4 is 0 Å². The van der Waals surface area contributed by atoms with Crippen molar-refractivity contribution in [2.75, 3.05) is 5.75 Å². The Morgan fingerprint density at radius 1 is 1.12 bits per heavy atom. The third-order valence-corrected chi connectivity index (χ3v) is 3.08. The number of alkyl halides is 3. The summed E-state index contributed by atoms with van der Waals surface area (Å²) < 4.78 is 35.5. The maximum Gasteiger partial charge on any atom is 0.389 e. The highest BCUT2D eigenvalue weighted by atomic mass is 32.2. The lowest BCUT2D eigenvalue weighted by Crippen LogP contribution is -2.06. The molecule has 1 rings (SSSR count). The first-order valence-corrected chi connectivity index (χ1v) is 5.89. The maximum absolute atomic E-state index is 11.8. The summed E-state index contributed by atoms with van der Waals surface area (Å²) in [6.07, 6.45) is -4.65. The standard InChI is InChI=1S/C11H13F3OS/c12-11(13,14)6-1-7-16-10-4-2-9(8-15)3-5-10/h2-5,15H,1,6-8H2. The van der Waals surface area contributed by atoms with E-state index < -0.39 is 12.6 Å². The summed E-state index contributed by atoms with van der Waals surface area (Å²) >= 11 is 1.40. The summed E-state index contributed by atoms with van der Waals surface area (Å²) in [6, 6.07) is 7.16. The molecule has 0 bridgehead atoms. The van der Waals surface area contributed by atoms with Crippen molar-refractivity contribution in [2.24, 2.45) is 0 Å². The molecule has 0 radical (unpaired) electrons. The van der Waals surface area contributed by atoms with E-state index in [-0.39, 0.29) is 13.0 Å². The molecule has 0 saturated carbocycles. The van der Waals surface area contributed by atoms with Crippen molar-refractivity contribution in [3.05, 3.63) is 29.8 Å². The molecule has 0 aromatic heterocycles. The lowest BCUT2D eigenvalue weighted by molar-refractivity contribution is -0.134. The Bertz CT molecular complexity index is 308. The van der Waals surface area contributed by atoms with E-state index in [9.17, 15) is 13.2 Å². The molecule has 0 aliphatic heterocycles. The zero-order valence-corrected chi connectivity index (χ0v) is 9.44. The van der Waals surface area contributed by atoms with Gasteiger partial charge in [0.25, 0.3) is 0 Å². The van der Waals surface area contributed by atoms with E-state index in [1.165, 1.54) is 11.8 Å². The van der Waals surface area contributed by atoms with Crippen molar-refractivity contribution in [3.63, 3.8) is 0 Å². The molecule has 0 heterocycles. The van der Waals surface area contributed by atoms with Crippen LogP contribution >= 0.6 is 11.8 Å². The first-order valence-electron chi connectivity index (χ1n) is 4.90. The number of thioether (sulfide) groups is 1. The average Bonchev–Trinajstić information content (AvgIpc) is 2.24. The Morgan fingerprint density at radius 2 is 1.75 bits per heavy atom. The van der Waals surface area contributed by atoms with Crippen molar-refractivity contribution in [1.82, 2.24) is 0 Å². The monoisotopic (exact) mass is 250 g/mol. The van der Waals surface area contributed by atoms with Crippen LogP contribution in [0.5, 0.6) is 0 Å². The van der Waals surface area contributed by atoms with Crippen LogP contribution in [-0.2, 0) is 6.61 Å². The van der Waals surface area contributed by atoms with Crippen molar-refractivity contribution < 1.29 is 18.3 Å². The number of aliphatic hydroxyl groups is 1. The van der Waals surface area contributed by atoms with Gasteiger partial charge in [-0.1, -0.05) is 12.1 Å². The molecule has 0 unspecified atom stereocenters. The summed E-state index contributed by atoms with van der Waals surface area (Å²) in [4.78, 5) is 0.930. The third kappa shape index (κ3) is 5.42. The van der Waals surface area contributed by atoms with E-state index in [2.05, 4.69) is 0 Å². The van der Waals surface area contributed by atoms with Crippen molar-refractivity contribution in [3.8, 4) is 0 Å². The summed E-state index contributed by atoms with van der Waals surface area (Å²) in [5, 5.41) is 8.80. The Balaban J connectivity index is 2.27. The molecule has 0 saturated heterocycles. The minimum Gasteiger partial charge on any atom is -0.392 e. The van der Waals surface area contributed by atoms with Gasteiger partial charge in [0.05, 0.1) is 6.61 Å². The van der Waals surface area contributed by atoms with Crippen LogP contribution in [0.1, 0.15) is 18.4 Å². The molecule has 1 aromatic carbocycles. The third-order valence-electron chi connectivity index (χ3n) is 1.98. The number of halogens is 3.